The molecule has 0 aliphatic carbocycles. The van der Waals surface area contributed by atoms with Crippen molar-refractivity contribution in [1.82, 2.24) is 15.4 Å². The number of esters is 2. The molecule has 3 N–H and O–H groups in total. The fourth-order valence-electron chi connectivity index (χ4n) is 1.96. The van der Waals surface area contributed by atoms with Gasteiger partial charge in [0.05, 0.1) is 35.9 Å². The van der Waals surface area contributed by atoms with Crippen LogP contribution in [0.5, 0.6) is 0 Å². The average Bonchev–Trinajstić information content (AvgIpc) is 2.68. The van der Waals surface area contributed by atoms with Gasteiger partial charge in [0.1, 0.15) is 18.0 Å². The van der Waals surface area contributed by atoms with Crippen molar-refractivity contribution in [3.63, 3.8) is 0 Å². The monoisotopic (exact) mass is 483 g/mol. The highest BCUT2D eigenvalue weighted by Crippen LogP contribution is 2.28. The molecule has 1 atom stereocenters. The van der Waals surface area contributed by atoms with Crippen molar-refractivity contribution >= 4 is 57.0 Å². The molecule has 0 saturated heterocycles. The predicted molar refractivity (Wildman–Crippen MR) is 106 cm³/mol. The lowest BCUT2D eigenvalue weighted by Crippen LogP contribution is -2.46. The van der Waals surface area contributed by atoms with Crippen molar-refractivity contribution in [3.05, 3.63) is 27.7 Å². The van der Waals surface area contributed by atoms with Gasteiger partial charge in [-0.25, -0.2) is 8.42 Å². The molecule has 14 heteroatoms. The molecule has 1 unspecified atom stereocenters. The van der Waals surface area contributed by atoms with Gasteiger partial charge in [0.15, 0.2) is 0 Å². The van der Waals surface area contributed by atoms with Gasteiger partial charge in [-0.2, -0.15) is 4.72 Å². The van der Waals surface area contributed by atoms with E-state index in [-0.39, 0.29) is 15.6 Å². The van der Waals surface area contributed by atoms with E-state index in [9.17, 15) is 27.6 Å². The first kappa shape index (κ1) is 25.6. The Morgan fingerprint density at radius 3 is 2.03 bits per heavy atom. The molecular formula is C16H19Cl2N3O8S. The average molecular weight is 484 g/mol. The number of ether oxygens (including phenoxy) is 2. The third kappa shape index (κ3) is 7.13. The van der Waals surface area contributed by atoms with E-state index in [2.05, 4.69) is 24.8 Å². The van der Waals surface area contributed by atoms with Gasteiger partial charge in [0.2, 0.25) is 15.9 Å². The molecule has 0 bridgehead atoms. The summed E-state index contributed by atoms with van der Waals surface area (Å²) < 4.78 is 36.1. The Balaban J connectivity index is 3.05. The van der Waals surface area contributed by atoms with Crippen molar-refractivity contribution in [2.75, 3.05) is 27.3 Å². The minimum atomic E-state index is -4.38. The van der Waals surface area contributed by atoms with Gasteiger partial charge < -0.3 is 20.1 Å². The molecule has 2 amide bonds. The van der Waals surface area contributed by atoms with E-state index in [0.29, 0.717) is 0 Å². The number of hydrogen-bond donors (Lipinski definition) is 3. The Labute approximate surface area is 182 Å². The Morgan fingerprint density at radius 1 is 0.967 bits per heavy atom. The number of methoxy groups -OCH3 is 2. The molecule has 0 spiro atoms. The van der Waals surface area contributed by atoms with Crippen LogP contribution in [0.3, 0.4) is 0 Å². The molecule has 0 heterocycles. The number of halogens is 2. The Kier molecular flexibility index (Phi) is 9.49. The van der Waals surface area contributed by atoms with Gasteiger partial charge in [-0.05, 0) is 19.1 Å². The van der Waals surface area contributed by atoms with Crippen LogP contribution in [0.2, 0.25) is 10.0 Å². The molecule has 1 rings (SSSR count). The Bertz CT molecular complexity index is 952. The number of nitrogens with one attached hydrogen (secondary N) is 3. The van der Waals surface area contributed by atoms with E-state index >= 15 is 0 Å². The lowest BCUT2D eigenvalue weighted by molar-refractivity contribution is -0.141. The highest BCUT2D eigenvalue weighted by atomic mass is 35.5. The van der Waals surface area contributed by atoms with Crippen LogP contribution in [0, 0.1) is 0 Å². The molecule has 0 aromatic heterocycles. The summed E-state index contributed by atoms with van der Waals surface area (Å²) >= 11 is 11.9. The smallest absolute Gasteiger partial charge is 0.325 e. The lowest BCUT2D eigenvalue weighted by Gasteiger charge is -2.16. The number of hydrogen-bond acceptors (Lipinski definition) is 8. The van der Waals surface area contributed by atoms with Crippen molar-refractivity contribution in [3.8, 4) is 0 Å². The number of rotatable bonds is 9. The molecule has 1 aromatic carbocycles. The molecular weight excluding hydrogens is 465 g/mol. The summed E-state index contributed by atoms with van der Waals surface area (Å²) in [6, 6.07) is 0.647. The highest BCUT2D eigenvalue weighted by Gasteiger charge is 2.27. The first-order chi connectivity index (χ1) is 13.9. The SMILES string of the molecule is COC(=O)CNC(=O)c1cc(S(=O)(=O)NC(C)C(=O)NCC(=O)OC)c(Cl)cc1Cl. The summed E-state index contributed by atoms with van der Waals surface area (Å²) in [5, 5.41) is 3.94. The van der Waals surface area contributed by atoms with Gasteiger partial charge >= 0.3 is 11.9 Å². The van der Waals surface area contributed by atoms with E-state index in [1.165, 1.54) is 6.92 Å². The Hall–Kier alpha value is -2.41. The second kappa shape index (κ2) is 11.1. The van der Waals surface area contributed by atoms with Crippen molar-refractivity contribution in [1.29, 1.82) is 0 Å². The highest BCUT2D eigenvalue weighted by molar-refractivity contribution is 7.89. The standard InChI is InChI=1S/C16H19Cl2N3O8S/c1-8(15(24)19-6-13(22)28-2)21-30(26,27)12-4-9(10(17)5-11(12)18)16(25)20-7-14(23)29-3/h4-5,8,21H,6-7H2,1-3H3,(H,19,24)(H,20,25). The summed E-state index contributed by atoms with van der Waals surface area (Å²) in [5.41, 5.74) is -0.270. The molecule has 166 valence electrons. The van der Waals surface area contributed by atoms with Crippen LogP contribution in [0.15, 0.2) is 17.0 Å². The van der Waals surface area contributed by atoms with E-state index in [1.54, 1.807) is 0 Å². The largest absolute Gasteiger partial charge is 0.468 e. The van der Waals surface area contributed by atoms with Crippen molar-refractivity contribution < 1.29 is 37.1 Å². The summed E-state index contributed by atoms with van der Waals surface area (Å²) in [6.07, 6.45) is 0. The van der Waals surface area contributed by atoms with Crippen LogP contribution in [0.4, 0.5) is 0 Å². The second-order valence-corrected chi connectivity index (χ2v) is 8.16. The molecule has 1 aromatic rings. The molecule has 0 fully saturated rings. The first-order valence-electron chi connectivity index (χ1n) is 8.13. The summed E-state index contributed by atoms with van der Waals surface area (Å²) in [4.78, 5) is 45.9. The van der Waals surface area contributed by atoms with E-state index < -0.39 is 57.8 Å². The van der Waals surface area contributed by atoms with Crippen molar-refractivity contribution in [2.24, 2.45) is 0 Å². The number of sulfonamides is 1. The summed E-state index contributed by atoms with van der Waals surface area (Å²) in [6.45, 7) is 0.317. The van der Waals surface area contributed by atoms with E-state index in [4.69, 9.17) is 23.2 Å². The maximum absolute atomic E-state index is 12.6. The minimum absolute atomic E-state index is 0.162. The lowest BCUT2D eigenvalue weighted by atomic mass is 10.2. The van der Waals surface area contributed by atoms with Crippen molar-refractivity contribution in [2.45, 2.75) is 17.9 Å². The van der Waals surface area contributed by atoms with E-state index in [1.807, 2.05) is 0 Å². The quantitative estimate of drug-likeness (QED) is 0.409. The van der Waals surface area contributed by atoms with Crippen LogP contribution in [0.25, 0.3) is 0 Å². The normalized spacial score (nSPS) is 11.9. The minimum Gasteiger partial charge on any atom is -0.468 e. The third-order valence-electron chi connectivity index (χ3n) is 3.54. The first-order valence-corrected chi connectivity index (χ1v) is 10.4. The number of carbonyl (C=O) groups excluding carboxylic acids is 4. The third-order valence-corrected chi connectivity index (χ3v) is 5.85. The number of carbonyl (C=O) groups is 4. The fraction of sp³-hybridized carbons (Fsp3) is 0.375. The molecule has 0 radical (unpaired) electrons. The Morgan fingerprint density at radius 2 is 1.50 bits per heavy atom. The zero-order chi connectivity index (χ0) is 23.1. The van der Waals surface area contributed by atoms with Crippen LogP contribution < -0.4 is 15.4 Å². The second-order valence-electron chi connectivity index (χ2n) is 5.66. The van der Waals surface area contributed by atoms with Gasteiger partial charge in [-0.1, -0.05) is 23.2 Å². The van der Waals surface area contributed by atoms with Gasteiger partial charge in [-0.15, -0.1) is 0 Å². The van der Waals surface area contributed by atoms with Gasteiger partial charge in [0, 0.05) is 0 Å². The predicted octanol–water partition coefficient (Wildman–Crippen LogP) is -0.148. The maximum atomic E-state index is 12.6. The molecule has 0 aliphatic heterocycles. The molecule has 0 aliphatic rings. The number of amides is 2. The van der Waals surface area contributed by atoms with Gasteiger partial charge in [-0.3, -0.25) is 19.2 Å². The van der Waals surface area contributed by atoms with Crippen LogP contribution in [0.1, 0.15) is 17.3 Å². The summed E-state index contributed by atoms with van der Waals surface area (Å²) in [7, 11) is -2.12. The fourth-order valence-corrected chi connectivity index (χ4v) is 4.02. The van der Waals surface area contributed by atoms with E-state index in [0.717, 1.165) is 26.4 Å². The zero-order valence-electron chi connectivity index (χ0n) is 16.1. The molecule has 11 nitrogen and oxygen atoms in total. The number of benzene rings is 1. The zero-order valence-corrected chi connectivity index (χ0v) is 18.4. The van der Waals surface area contributed by atoms with Gasteiger partial charge in [0.25, 0.3) is 5.91 Å². The van der Waals surface area contributed by atoms with Crippen LogP contribution >= 0.6 is 23.2 Å². The van der Waals surface area contributed by atoms with Crippen LogP contribution in [-0.4, -0.2) is 65.5 Å². The molecule has 30 heavy (non-hydrogen) atoms. The summed E-state index contributed by atoms with van der Waals surface area (Å²) in [5.74, 6) is -3.09. The molecule has 0 saturated carbocycles. The topological polar surface area (TPSA) is 157 Å². The maximum Gasteiger partial charge on any atom is 0.325 e. The van der Waals surface area contributed by atoms with Crippen LogP contribution in [-0.2, 0) is 33.9 Å².